The summed E-state index contributed by atoms with van der Waals surface area (Å²) < 4.78 is 0. The Kier molecular flexibility index (Phi) is 14.6. The lowest BCUT2D eigenvalue weighted by Crippen LogP contribution is -2.30. The van der Waals surface area contributed by atoms with E-state index in [0.29, 0.717) is 18.3 Å². The van der Waals surface area contributed by atoms with Crippen LogP contribution in [0.15, 0.2) is 48.5 Å². The number of benzene rings is 4. The third-order valence-corrected chi connectivity index (χ3v) is 13.4. The van der Waals surface area contributed by atoms with Crippen LogP contribution >= 0.6 is 0 Å². The van der Waals surface area contributed by atoms with Gasteiger partial charge in [0.15, 0.2) is 0 Å². The quantitative estimate of drug-likeness (QED) is 0.128. The van der Waals surface area contributed by atoms with Crippen LogP contribution in [0.1, 0.15) is 238 Å². The second kappa shape index (κ2) is 17.7. The zero-order chi connectivity index (χ0) is 49.2. The summed E-state index contributed by atoms with van der Waals surface area (Å²) in [4.78, 5) is 0. The minimum Gasteiger partial charge on any atom is -0.507 e. The smallest absolute Gasteiger partial charge is 0.123 e. The molecular weight excluding hydrogens is 785 g/mol. The summed E-state index contributed by atoms with van der Waals surface area (Å²) in [6, 6.07) is 17.4. The maximum absolute atomic E-state index is 13.0. The van der Waals surface area contributed by atoms with E-state index in [0.717, 1.165) is 79.6 Å². The average Bonchev–Trinajstić information content (AvgIpc) is 3.08. The molecule has 0 amide bonds. The number of aromatic hydroxyl groups is 4. The van der Waals surface area contributed by atoms with E-state index in [2.05, 4.69) is 208 Å². The molecule has 0 heterocycles. The van der Waals surface area contributed by atoms with Crippen molar-refractivity contribution in [2.24, 2.45) is 11.8 Å². The Labute approximate surface area is 391 Å². The van der Waals surface area contributed by atoms with Crippen LogP contribution < -0.4 is 0 Å². The van der Waals surface area contributed by atoms with Crippen molar-refractivity contribution < 1.29 is 20.4 Å². The molecule has 64 heavy (non-hydrogen) atoms. The van der Waals surface area contributed by atoms with Gasteiger partial charge < -0.3 is 20.4 Å². The van der Waals surface area contributed by atoms with E-state index >= 15 is 0 Å². The van der Waals surface area contributed by atoms with Crippen LogP contribution in [0.2, 0.25) is 0 Å². The molecule has 0 spiro atoms. The molecule has 0 aliphatic carbocycles. The van der Waals surface area contributed by atoms with Crippen LogP contribution in [0.3, 0.4) is 0 Å². The predicted octanol–water partition coefficient (Wildman–Crippen LogP) is 16.2. The molecule has 354 valence electrons. The molecule has 0 aliphatic rings. The molecule has 4 heteroatoms. The van der Waals surface area contributed by atoms with Gasteiger partial charge in [-0.05, 0) is 108 Å². The molecule has 0 bridgehead atoms. The summed E-state index contributed by atoms with van der Waals surface area (Å²) >= 11 is 0. The number of phenolic OH excluding ortho intramolecular Hbond substituents is 4. The summed E-state index contributed by atoms with van der Waals surface area (Å²) in [5.41, 5.74) is 7.57. The number of phenols is 4. The van der Waals surface area contributed by atoms with Crippen LogP contribution in [0.4, 0.5) is 0 Å². The molecular formula is C60H90O4. The van der Waals surface area contributed by atoms with Gasteiger partial charge in [0.25, 0.3) is 0 Å². The second-order valence-corrected chi connectivity index (χ2v) is 26.8. The van der Waals surface area contributed by atoms with E-state index < -0.39 is 33.0 Å². The zero-order valence-electron chi connectivity index (χ0n) is 44.8. The molecule has 0 saturated heterocycles. The van der Waals surface area contributed by atoms with Crippen molar-refractivity contribution >= 4 is 0 Å². The van der Waals surface area contributed by atoms with Gasteiger partial charge in [0.2, 0.25) is 0 Å². The van der Waals surface area contributed by atoms with Crippen molar-refractivity contribution in [3.05, 3.63) is 115 Å². The SMILES string of the molecule is CC(C)Cc1cc(C(C)(C)C)c(O)c(C(C)(CC(c2cc(C(C)(C)C)cc(C(C)(C)C)c2O)c2cc(C(C)(C)C)cc(C(C)(C)C)c2O)c2cc(CC(C)C)cc(C(C)(C)C)c2O)c1. The fraction of sp³-hybridized carbons (Fsp3) is 0.600. The lowest BCUT2D eigenvalue weighted by molar-refractivity contribution is 0.377. The van der Waals surface area contributed by atoms with Gasteiger partial charge in [-0.2, -0.15) is 0 Å². The lowest BCUT2D eigenvalue weighted by atomic mass is 9.63. The molecule has 4 N–H and O–H groups in total. The van der Waals surface area contributed by atoms with E-state index in [1.54, 1.807) is 0 Å². The van der Waals surface area contributed by atoms with E-state index in [1.165, 1.54) is 0 Å². The van der Waals surface area contributed by atoms with Gasteiger partial charge >= 0.3 is 0 Å². The molecule has 0 fully saturated rings. The zero-order valence-corrected chi connectivity index (χ0v) is 44.8. The molecule has 0 radical (unpaired) electrons. The van der Waals surface area contributed by atoms with Crippen molar-refractivity contribution in [1.82, 2.24) is 0 Å². The highest BCUT2D eigenvalue weighted by Crippen LogP contribution is 2.56. The number of hydrogen-bond acceptors (Lipinski definition) is 4. The van der Waals surface area contributed by atoms with Crippen molar-refractivity contribution in [3.63, 3.8) is 0 Å². The molecule has 4 rings (SSSR count). The first-order valence-corrected chi connectivity index (χ1v) is 24.2. The Bertz CT molecular complexity index is 2150. The Morgan fingerprint density at radius 1 is 0.344 bits per heavy atom. The van der Waals surface area contributed by atoms with E-state index in [9.17, 15) is 20.4 Å². The van der Waals surface area contributed by atoms with E-state index in [-0.39, 0.29) is 33.8 Å². The maximum Gasteiger partial charge on any atom is 0.123 e. The van der Waals surface area contributed by atoms with Gasteiger partial charge in [0.05, 0.1) is 0 Å². The third kappa shape index (κ3) is 11.4. The molecule has 0 atom stereocenters. The summed E-state index contributed by atoms with van der Waals surface area (Å²) in [5.74, 6) is 0.991. The average molecular weight is 875 g/mol. The van der Waals surface area contributed by atoms with Gasteiger partial charge in [0, 0.05) is 33.6 Å². The van der Waals surface area contributed by atoms with Gasteiger partial charge in [-0.25, -0.2) is 0 Å². The Morgan fingerprint density at radius 2 is 0.609 bits per heavy atom. The monoisotopic (exact) mass is 875 g/mol. The molecule has 4 aromatic carbocycles. The Morgan fingerprint density at radius 3 is 0.859 bits per heavy atom. The molecule has 4 nitrogen and oxygen atoms in total. The first-order valence-electron chi connectivity index (χ1n) is 24.2. The number of hydrogen-bond donors (Lipinski definition) is 4. The maximum atomic E-state index is 13.0. The van der Waals surface area contributed by atoms with Gasteiger partial charge in [0.1, 0.15) is 23.0 Å². The molecule has 0 aromatic heterocycles. The van der Waals surface area contributed by atoms with E-state index in [4.69, 9.17) is 0 Å². The second-order valence-electron chi connectivity index (χ2n) is 26.8. The van der Waals surface area contributed by atoms with Crippen LogP contribution in [0.25, 0.3) is 0 Å². The lowest BCUT2D eigenvalue weighted by Gasteiger charge is -2.40. The first kappa shape index (κ1) is 52.7. The molecule has 0 aliphatic heterocycles. The molecule has 0 saturated carbocycles. The van der Waals surface area contributed by atoms with Gasteiger partial charge in [-0.1, -0.05) is 208 Å². The van der Waals surface area contributed by atoms with Crippen molar-refractivity contribution in [1.29, 1.82) is 0 Å². The largest absolute Gasteiger partial charge is 0.507 e. The highest BCUT2D eigenvalue weighted by Gasteiger charge is 2.43. The Hall–Kier alpha value is -3.92. The van der Waals surface area contributed by atoms with Crippen LogP contribution in [0.5, 0.6) is 23.0 Å². The summed E-state index contributed by atoms with van der Waals surface area (Å²) in [5, 5.41) is 51.9. The topological polar surface area (TPSA) is 80.9 Å². The standard InChI is InChI=1S/C60H90O4/c1-35(2)24-37-26-44(56(11,12)13)52(63)48(28-37)60(23,49-29-38(25-36(3)4)27-45(53(49)64)57(14,15)16)34-43(41-30-39(54(5,6)7)32-46(50(41)61)58(17,18)19)42-31-40(55(8,9)10)33-47(51(42)62)59(20,21)22/h26-33,35-36,43,61-64H,24-25,34H2,1-23H3. The fourth-order valence-corrected chi connectivity index (χ4v) is 9.57. The molecule has 0 unspecified atom stereocenters. The van der Waals surface area contributed by atoms with Gasteiger partial charge in [-0.3, -0.25) is 0 Å². The highest BCUT2D eigenvalue weighted by atomic mass is 16.3. The first-order chi connectivity index (χ1) is 28.7. The fourth-order valence-electron chi connectivity index (χ4n) is 9.57. The van der Waals surface area contributed by atoms with Crippen molar-refractivity contribution in [3.8, 4) is 23.0 Å². The summed E-state index contributed by atoms with van der Waals surface area (Å²) in [6.07, 6.45) is 1.94. The van der Waals surface area contributed by atoms with Crippen LogP contribution in [-0.4, -0.2) is 20.4 Å². The van der Waals surface area contributed by atoms with Crippen molar-refractivity contribution in [2.45, 2.75) is 222 Å². The third-order valence-electron chi connectivity index (χ3n) is 13.4. The summed E-state index contributed by atoms with van der Waals surface area (Å²) in [7, 11) is 0. The minimum atomic E-state index is -1.07. The predicted molar refractivity (Wildman–Crippen MR) is 275 cm³/mol. The van der Waals surface area contributed by atoms with E-state index in [1.807, 2.05) is 0 Å². The highest BCUT2D eigenvalue weighted by molar-refractivity contribution is 5.63. The normalized spacial score (nSPS) is 13.8. The Balaban J connectivity index is 2.45. The number of rotatable bonds is 10. The van der Waals surface area contributed by atoms with Gasteiger partial charge in [-0.15, -0.1) is 0 Å². The minimum absolute atomic E-state index is 0.215. The summed E-state index contributed by atoms with van der Waals surface area (Å²) in [6.45, 7) is 50.1. The van der Waals surface area contributed by atoms with Crippen LogP contribution in [0, 0.1) is 11.8 Å². The van der Waals surface area contributed by atoms with Crippen LogP contribution in [-0.2, 0) is 50.7 Å². The van der Waals surface area contributed by atoms with Crippen molar-refractivity contribution in [2.75, 3.05) is 0 Å². The molecule has 4 aromatic rings.